The highest BCUT2D eigenvalue weighted by Crippen LogP contribution is 2.25. The topological polar surface area (TPSA) is 72.2 Å². The molecule has 0 fully saturated rings. The van der Waals surface area contributed by atoms with Gasteiger partial charge < -0.3 is 5.32 Å². The van der Waals surface area contributed by atoms with Crippen LogP contribution in [-0.4, -0.2) is 31.2 Å². The van der Waals surface area contributed by atoms with Crippen LogP contribution >= 0.6 is 11.8 Å². The van der Waals surface area contributed by atoms with E-state index in [4.69, 9.17) is 0 Å². The van der Waals surface area contributed by atoms with E-state index in [1.165, 1.54) is 47.7 Å². The molecule has 1 aromatic carbocycles. The molecule has 2 aromatic heterocycles. The van der Waals surface area contributed by atoms with Gasteiger partial charge in [-0.3, -0.25) is 9.20 Å². The van der Waals surface area contributed by atoms with E-state index in [1.807, 2.05) is 31.2 Å². The lowest BCUT2D eigenvalue weighted by atomic mass is 9.89. The maximum Gasteiger partial charge on any atom is 0.256 e. The highest BCUT2D eigenvalue weighted by molar-refractivity contribution is 7.99. The summed E-state index contributed by atoms with van der Waals surface area (Å²) in [5.41, 5.74) is 5.99. The highest BCUT2D eigenvalue weighted by Gasteiger charge is 2.16. The predicted octanol–water partition coefficient (Wildman–Crippen LogP) is 3.59. The fourth-order valence-electron chi connectivity index (χ4n) is 3.81. The van der Waals surface area contributed by atoms with Gasteiger partial charge in [0, 0.05) is 11.4 Å². The van der Waals surface area contributed by atoms with Crippen LogP contribution in [0, 0.1) is 13.8 Å². The average molecular weight is 396 g/mol. The summed E-state index contributed by atoms with van der Waals surface area (Å²) >= 11 is 1.38. The first-order valence-electron chi connectivity index (χ1n) is 9.74. The second-order valence-corrected chi connectivity index (χ2v) is 8.41. The normalized spacial score (nSPS) is 14.7. The van der Waals surface area contributed by atoms with Crippen LogP contribution in [0.3, 0.4) is 0 Å². The van der Waals surface area contributed by atoms with Crippen LogP contribution in [0.25, 0.3) is 5.78 Å². The summed E-state index contributed by atoms with van der Waals surface area (Å²) in [5, 5.41) is 12.1. The van der Waals surface area contributed by atoms with E-state index < -0.39 is 0 Å². The first-order valence-corrected chi connectivity index (χ1v) is 10.7. The maximum atomic E-state index is 12.5. The zero-order chi connectivity index (χ0) is 19.7. The number of thioether (sulfide) groups is 1. The molecule has 1 aliphatic carbocycles. The number of hydrogen-bond acceptors (Lipinski definition) is 5. The Labute approximate surface area is 169 Å². The van der Waals surface area contributed by atoms with Crippen LogP contribution in [0.1, 0.15) is 53.9 Å². The number of amides is 1. The number of nitrogens with one attached hydrogen (secondary N) is 1. The molecular formula is C21H25N5OS. The number of carbonyl (C=O) groups excluding carboxylic acids is 1. The molecule has 1 aliphatic rings. The molecule has 0 aliphatic heterocycles. The molecule has 0 saturated heterocycles. The molecule has 0 bridgehead atoms. The maximum absolute atomic E-state index is 12.5. The fraction of sp³-hybridized carbons (Fsp3) is 0.429. The molecule has 1 N–H and O–H groups in total. The number of aromatic nitrogens is 4. The second-order valence-electron chi connectivity index (χ2n) is 7.47. The van der Waals surface area contributed by atoms with Gasteiger partial charge in [-0.2, -0.15) is 0 Å². The molecule has 7 heteroatoms. The summed E-state index contributed by atoms with van der Waals surface area (Å²) in [6.45, 7) is 5.97. The third kappa shape index (κ3) is 3.90. The van der Waals surface area contributed by atoms with Crippen molar-refractivity contribution < 1.29 is 4.79 Å². The molecule has 0 spiro atoms. The summed E-state index contributed by atoms with van der Waals surface area (Å²) in [6, 6.07) is 8.60. The summed E-state index contributed by atoms with van der Waals surface area (Å²) < 4.78 is 1.89. The molecular weight excluding hydrogens is 370 g/mol. The van der Waals surface area contributed by atoms with E-state index in [9.17, 15) is 4.79 Å². The van der Waals surface area contributed by atoms with Crippen LogP contribution < -0.4 is 5.32 Å². The lowest BCUT2D eigenvalue weighted by Crippen LogP contribution is -2.28. The zero-order valence-corrected chi connectivity index (χ0v) is 17.3. The van der Waals surface area contributed by atoms with Gasteiger partial charge in [0.1, 0.15) is 0 Å². The van der Waals surface area contributed by atoms with Crippen molar-refractivity contribution in [1.82, 2.24) is 24.9 Å². The number of hydrogen-bond donors (Lipinski definition) is 1. The van der Waals surface area contributed by atoms with Crippen molar-refractivity contribution in [2.24, 2.45) is 0 Å². The van der Waals surface area contributed by atoms with Crippen molar-refractivity contribution >= 4 is 23.4 Å². The minimum atomic E-state index is -0.0125. The quantitative estimate of drug-likeness (QED) is 0.669. The average Bonchev–Trinajstić information content (AvgIpc) is 3.09. The van der Waals surface area contributed by atoms with Gasteiger partial charge in [0.25, 0.3) is 5.78 Å². The van der Waals surface area contributed by atoms with Crippen LogP contribution in [0.5, 0.6) is 0 Å². The van der Waals surface area contributed by atoms with Gasteiger partial charge in [0.2, 0.25) is 5.91 Å². The van der Waals surface area contributed by atoms with E-state index >= 15 is 0 Å². The fourth-order valence-corrected chi connectivity index (χ4v) is 4.61. The molecule has 4 rings (SSSR count). The van der Waals surface area contributed by atoms with Gasteiger partial charge in [-0.25, -0.2) is 4.98 Å². The van der Waals surface area contributed by atoms with Gasteiger partial charge in [0.05, 0.1) is 11.8 Å². The smallest absolute Gasteiger partial charge is 0.256 e. The minimum absolute atomic E-state index is 0.00954. The Morgan fingerprint density at radius 2 is 1.96 bits per heavy atom. The van der Waals surface area contributed by atoms with Crippen molar-refractivity contribution in [1.29, 1.82) is 0 Å². The molecule has 1 amide bonds. The van der Waals surface area contributed by atoms with Crippen molar-refractivity contribution in [3.05, 3.63) is 52.3 Å². The first kappa shape index (κ1) is 18.9. The van der Waals surface area contributed by atoms with Crippen molar-refractivity contribution in [2.45, 2.75) is 57.7 Å². The molecule has 0 saturated carbocycles. The van der Waals surface area contributed by atoms with Gasteiger partial charge in [-0.15, -0.1) is 10.2 Å². The summed E-state index contributed by atoms with van der Waals surface area (Å²) in [6.07, 6.45) is 4.86. The highest BCUT2D eigenvalue weighted by atomic mass is 32.2. The lowest BCUT2D eigenvalue weighted by molar-refractivity contribution is -0.119. The van der Waals surface area contributed by atoms with Gasteiger partial charge in [-0.05, 0) is 69.2 Å². The van der Waals surface area contributed by atoms with Crippen molar-refractivity contribution in [3.8, 4) is 0 Å². The molecule has 0 radical (unpaired) electrons. The van der Waals surface area contributed by atoms with E-state index in [1.54, 1.807) is 0 Å². The first-order chi connectivity index (χ1) is 13.5. The molecule has 1 atom stereocenters. The number of rotatable bonds is 5. The Bertz CT molecular complexity index is 1030. The van der Waals surface area contributed by atoms with Gasteiger partial charge >= 0.3 is 0 Å². The third-order valence-corrected chi connectivity index (χ3v) is 6.17. The Hall–Kier alpha value is -2.41. The number of nitrogens with zero attached hydrogens (tertiary/aromatic N) is 4. The third-order valence-electron chi connectivity index (χ3n) is 5.25. The number of benzene rings is 1. The lowest BCUT2D eigenvalue weighted by Gasteiger charge is -2.20. The monoisotopic (exact) mass is 395 g/mol. The van der Waals surface area contributed by atoms with E-state index in [2.05, 4.69) is 38.7 Å². The predicted molar refractivity (Wildman–Crippen MR) is 111 cm³/mol. The number of carbonyl (C=O) groups is 1. The molecule has 146 valence electrons. The van der Waals surface area contributed by atoms with E-state index in [-0.39, 0.29) is 11.9 Å². The Kier molecular flexibility index (Phi) is 5.35. The van der Waals surface area contributed by atoms with Gasteiger partial charge in [-0.1, -0.05) is 30.0 Å². The van der Waals surface area contributed by atoms with Crippen LogP contribution in [0.4, 0.5) is 0 Å². The summed E-state index contributed by atoms with van der Waals surface area (Å²) in [4.78, 5) is 16.9. The standard InChI is InChI=1S/C21H25N5OS/c1-13-10-14(2)26-20(22-13)24-25-21(26)28-12-19(27)23-15(3)17-9-8-16-6-4-5-7-18(16)11-17/h8-11,15H,4-7,12H2,1-3H3,(H,23,27)/t15-/m0/s1. The Morgan fingerprint density at radius 3 is 2.79 bits per heavy atom. The minimum Gasteiger partial charge on any atom is -0.349 e. The molecule has 2 heterocycles. The van der Waals surface area contributed by atoms with Crippen LogP contribution in [0.2, 0.25) is 0 Å². The van der Waals surface area contributed by atoms with E-state index in [0.717, 1.165) is 17.8 Å². The van der Waals surface area contributed by atoms with E-state index in [0.29, 0.717) is 16.7 Å². The van der Waals surface area contributed by atoms with Crippen molar-refractivity contribution in [2.75, 3.05) is 5.75 Å². The van der Waals surface area contributed by atoms with Crippen molar-refractivity contribution in [3.63, 3.8) is 0 Å². The molecule has 28 heavy (non-hydrogen) atoms. The molecule has 6 nitrogen and oxygen atoms in total. The Morgan fingerprint density at radius 1 is 1.18 bits per heavy atom. The van der Waals surface area contributed by atoms with Gasteiger partial charge in [0.15, 0.2) is 5.16 Å². The Balaban J connectivity index is 1.39. The zero-order valence-electron chi connectivity index (χ0n) is 16.5. The van der Waals surface area contributed by atoms with Crippen LogP contribution in [-0.2, 0) is 17.6 Å². The number of fused-ring (bicyclic) bond motifs is 2. The summed E-state index contributed by atoms with van der Waals surface area (Å²) in [5.74, 6) is 0.858. The second kappa shape index (κ2) is 7.91. The number of aryl methyl sites for hydroxylation is 4. The summed E-state index contributed by atoms with van der Waals surface area (Å²) in [7, 11) is 0. The largest absolute Gasteiger partial charge is 0.349 e. The molecule has 3 aromatic rings. The SMILES string of the molecule is Cc1cc(C)n2c(SCC(=O)N[C@@H](C)c3ccc4c(c3)CCCC4)nnc2n1. The molecule has 0 unspecified atom stereocenters. The van der Waals surface area contributed by atoms with Crippen LogP contribution in [0.15, 0.2) is 29.4 Å².